The van der Waals surface area contributed by atoms with Crippen molar-refractivity contribution in [3.8, 4) is 11.3 Å². The van der Waals surface area contributed by atoms with Crippen LogP contribution in [-0.4, -0.2) is 29.1 Å². The molecule has 0 bridgehead atoms. The van der Waals surface area contributed by atoms with Crippen LogP contribution in [0, 0.1) is 5.92 Å². The Hall–Kier alpha value is -2.20. The fourth-order valence-corrected chi connectivity index (χ4v) is 3.03. The van der Waals surface area contributed by atoms with E-state index in [1.165, 1.54) is 18.4 Å². The van der Waals surface area contributed by atoms with Crippen LogP contribution in [0.4, 0.5) is 0 Å². The van der Waals surface area contributed by atoms with Gasteiger partial charge in [0.15, 0.2) is 0 Å². The van der Waals surface area contributed by atoms with Crippen molar-refractivity contribution < 1.29 is 9.90 Å². The second-order valence-electron chi connectivity index (χ2n) is 5.82. The standard InChI is InChI=1S/C18H20N2O2/c21-18(22)16-6-2-1-5-15(16)17-8-7-14(12-20-17)10-13-4-3-9-19-11-13/h1-2,5-8,12-13,19H,3-4,9-11H2,(H,21,22)/t13-/m0/s1. The minimum Gasteiger partial charge on any atom is -0.478 e. The molecule has 1 aromatic heterocycles. The quantitative estimate of drug-likeness (QED) is 0.910. The lowest BCUT2D eigenvalue weighted by Crippen LogP contribution is -2.30. The summed E-state index contributed by atoms with van der Waals surface area (Å²) in [6.45, 7) is 2.20. The summed E-state index contributed by atoms with van der Waals surface area (Å²) >= 11 is 0. The van der Waals surface area contributed by atoms with Crippen LogP contribution in [0.5, 0.6) is 0 Å². The average Bonchev–Trinajstić information content (AvgIpc) is 2.56. The average molecular weight is 296 g/mol. The third-order valence-corrected chi connectivity index (χ3v) is 4.18. The molecule has 4 nitrogen and oxygen atoms in total. The third-order valence-electron chi connectivity index (χ3n) is 4.18. The Morgan fingerprint density at radius 2 is 2.14 bits per heavy atom. The van der Waals surface area contributed by atoms with E-state index in [2.05, 4.69) is 16.4 Å². The van der Waals surface area contributed by atoms with Gasteiger partial charge in [0, 0.05) is 11.8 Å². The molecule has 3 rings (SSSR count). The number of nitrogens with one attached hydrogen (secondary N) is 1. The van der Waals surface area contributed by atoms with Gasteiger partial charge in [0.25, 0.3) is 0 Å². The van der Waals surface area contributed by atoms with Gasteiger partial charge in [0.05, 0.1) is 11.3 Å². The summed E-state index contributed by atoms with van der Waals surface area (Å²) in [4.78, 5) is 15.8. The first-order valence-electron chi connectivity index (χ1n) is 7.72. The van der Waals surface area contributed by atoms with Crippen LogP contribution >= 0.6 is 0 Å². The minimum absolute atomic E-state index is 0.291. The Morgan fingerprint density at radius 1 is 1.27 bits per heavy atom. The van der Waals surface area contributed by atoms with Crippen molar-refractivity contribution in [1.29, 1.82) is 0 Å². The molecule has 1 fully saturated rings. The SMILES string of the molecule is O=C(O)c1ccccc1-c1ccc(C[C@@H]2CCCNC2)cn1. The molecule has 0 aliphatic carbocycles. The summed E-state index contributed by atoms with van der Waals surface area (Å²) in [6.07, 6.45) is 5.40. The van der Waals surface area contributed by atoms with Crippen LogP contribution in [-0.2, 0) is 6.42 Å². The lowest BCUT2D eigenvalue weighted by Gasteiger charge is -2.22. The van der Waals surface area contributed by atoms with Gasteiger partial charge in [-0.05, 0) is 56.0 Å². The molecular formula is C18H20N2O2. The van der Waals surface area contributed by atoms with Gasteiger partial charge < -0.3 is 10.4 Å². The lowest BCUT2D eigenvalue weighted by molar-refractivity contribution is 0.0697. The summed E-state index contributed by atoms with van der Waals surface area (Å²) in [7, 11) is 0. The molecule has 0 unspecified atom stereocenters. The van der Waals surface area contributed by atoms with Crippen molar-refractivity contribution in [2.24, 2.45) is 5.92 Å². The molecule has 1 aliphatic heterocycles. The zero-order valence-corrected chi connectivity index (χ0v) is 12.5. The number of pyridine rings is 1. The van der Waals surface area contributed by atoms with E-state index >= 15 is 0 Å². The highest BCUT2D eigenvalue weighted by molar-refractivity contribution is 5.95. The molecule has 0 radical (unpaired) electrons. The van der Waals surface area contributed by atoms with Gasteiger partial charge in [-0.1, -0.05) is 24.3 Å². The van der Waals surface area contributed by atoms with Gasteiger partial charge in [-0.25, -0.2) is 4.79 Å². The maximum atomic E-state index is 11.3. The van der Waals surface area contributed by atoms with Gasteiger partial charge in [-0.3, -0.25) is 4.98 Å². The number of rotatable bonds is 4. The van der Waals surface area contributed by atoms with E-state index in [4.69, 9.17) is 0 Å². The van der Waals surface area contributed by atoms with Crippen molar-refractivity contribution in [2.75, 3.05) is 13.1 Å². The molecule has 2 heterocycles. The highest BCUT2D eigenvalue weighted by atomic mass is 16.4. The van der Waals surface area contributed by atoms with Crippen molar-refractivity contribution >= 4 is 5.97 Å². The zero-order chi connectivity index (χ0) is 15.4. The number of benzene rings is 1. The predicted octanol–water partition coefficient (Wildman–Crippen LogP) is 2.99. The number of carboxylic acid groups (broad SMARTS) is 1. The number of hydrogen-bond donors (Lipinski definition) is 2. The molecule has 1 aliphatic rings. The first-order valence-corrected chi connectivity index (χ1v) is 7.72. The Morgan fingerprint density at radius 3 is 2.82 bits per heavy atom. The molecule has 4 heteroatoms. The molecule has 0 amide bonds. The van der Waals surface area contributed by atoms with Crippen LogP contribution in [0.25, 0.3) is 11.3 Å². The van der Waals surface area contributed by atoms with Gasteiger partial charge in [-0.15, -0.1) is 0 Å². The Kier molecular flexibility index (Phi) is 4.49. The second-order valence-corrected chi connectivity index (χ2v) is 5.82. The summed E-state index contributed by atoms with van der Waals surface area (Å²) in [5.41, 5.74) is 2.88. The maximum absolute atomic E-state index is 11.3. The number of hydrogen-bond acceptors (Lipinski definition) is 3. The summed E-state index contributed by atoms with van der Waals surface area (Å²) in [5, 5.41) is 12.7. The normalized spacial score (nSPS) is 18.1. The Bertz CT molecular complexity index is 646. The highest BCUT2D eigenvalue weighted by Crippen LogP contribution is 2.23. The van der Waals surface area contributed by atoms with Gasteiger partial charge in [0.2, 0.25) is 0 Å². The third kappa shape index (κ3) is 3.34. The smallest absolute Gasteiger partial charge is 0.336 e. The van der Waals surface area contributed by atoms with Crippen molar-refractivity contribution in [2.45, 2.75) is 19.3 Å². The molecule has 1 saturated heterocycles. The minimum atomic E-state index is -0.922. The number of aromatic carboxylic acids is 1. The Labute approximate surface area is 130 Å². The molecule has 22 heavy (non-hydrogen) atoms. The van der Waals surface area contributed by atoms with E-state index in [0.717, 1.165) is 19.5 Å². The van der Waals surface area contributed by atoms with Crippen molar-refractivity contribution in [1.82, 2.24) is 10.3 Å². The first-order chi connectivity index (χ1) is 10.7. The van der Waals surface area contributed by atoms with E-state index in [9.17, 15) is 9.90 Å². The van der Waals surface area contributed by atoms with E-state index < -0.39 is 5.97 Å². The first kappa shape index (κ1) is 14.7. The van der Waals surface area contributed by atoms with Crippen LogP contribution in [0.15, 0.2) is 42.6 Å². The Balaban J connectivity index is 1.78. The van der Waals surface area contributed by atoms with Crippen molar-refractivity contribution in [3.63, 3.8) is 0 Å². The van der Waals surface area contributed by atoms with E-state index in [0.29, 0.717) is 22.7 Å². The number of piperidine rings is 1. The molecule has 114 valence electrons. The second kappa shape index (κ2) is 6.71. The fourth-order valence-electron chi connectivity index (χ4n) is 3.03. The number of nitrogens with zero attached hydrogens (tertiary/aromatic N) is 1. The molecule has 2 N–H and O–H groups in total. The number of carbonyl (C=O) groups is 1. The summed E-state index contributed by atoms with van der Waals surface area (Å²) in [6, 6.07) is 11.0. The van der Waals surface area contributed by atoms with Gasteiger partial charge in [0.1, 0.15) is 0 Å². The topological polar surface area (TPSA) is 62.2 Å². The maximum Gasteiger partial charge on any atom is 0.336 e. The van der Waals surface area contributed by atoms with Crippen LogP contribution in [0.1, 0.15) is 28.8 Å². The molecule has 1 atom stereocenters. The van der Waals surface area contributed by atoms with E-state index in [1.807, 2.05) is 18.3 Å². The molecular weight excluding hydrogens is 276 g/mol. The number of aromatic nitrogens is 1. The lowest BCUT2D eigenvalue weighted by atomic mass is 9.93. The highest BCUT2D eigenvalue weighted by Gasteiger charge is 2.15. The van der Waals surface area contributed by atoms with Gasteiger partial charge in [-0.2, -0.15) is 0 Å². The van der Waals surface area contributed by atoms with Crippen molar-refractivity contribution in [3.05, 3.63) is 53.7 Å². The van der Waals surface area contributed by atoms with Crippen LogP contribution in [0.2, 0.25) is 0 Å². The van der Waals surface area contributed by atoms with E-state index in [-0.39, 0.29) is 0 Å². The molecule has 0 saturated carbocycles. The molecule has 2 aromatic rings. The molecule has 0 spiro atoms. The monoisotopic (exact) mass is 296 g/mol. The van der Waals surface area contributed by atoms with E-state index in [1.54, 1.807) is 18.2 Å². The predicted molar refractivity (Wildman–Crippen MR) is 85.9 cm³/mol. The number of carboxylic acids is 1. The zero-order valence-electron chi connectivity index (χ0n) is 12.5. The summed E-state index contributed by atoms with van der Waals surface area (Å²) in [5.74, 6) is -0.248. The summed E-state index contributed by atoms with van der Waals surface area (Å²) < 4.78 is 0. The van der Waals surface area contributed by atoms with Crippen LogP contribution in [0.3, 0.4) is 0 Å². The fraction of sp³-hybridized carbons (Fsp3) is 0.333. The molecule has 1 aromatic carbocycles. The van der Waals surface area contributed by atoms with Crippen LogP contribution < -0.4 is 5.32 Å². The largest absolute Gasteiger partial charge is 0.478 e. The van der Waals surface area contributed by atoms with Gasteiger partial charge >= 0.3 is 5.97 Å².